The monoisotopic (exact) mass is 242 g/mol. The fourth-order valence-electron chi connectivity index (χ4n) is 1.37. The first-order valence-corrected chi connectivity index (χ1v) is 5.81. The van der Waals surface area contributed by atoms with Crippen LogP contribution < -0.4 is 0 Å². The first-order chi connectivity index (χ1) is 8.26. The Morgan fingerprint density at radius 1 is 1.06 bits per heavy atom. The molecule has 0 heterocycles. The highest BCUT2D eigenvalue weighted by molar-refractivity contribution is 5.14. The lowest BCUT2D eigenvalue weighted by molar-refractivity contribution is -0.169. The molecule has 0 saturated carbocycles. The second kappa shape index (κ2) is 8.17. The zero-order valence-corrected chi connectivity index (χ0v) is 10.3. The highest BCUT2D eigenvalue weighted by Gasteiger charge is 2.07. The zero-order valence-electron chi connectivity index (χ0n) is 10.3. The average molecular weight is 242 g/mol. The van der Waals surface area contributed by atoms with Gasteiger partial charge in [0.2, 0.25) is 0 Å². The molecular formula is C13H19FO3. The number of rotatable bonds is 8. The summed E-state index contributed by atoms with van der Waals surface area (Å²) in [4.78, 5) is 0. The van der Waals surface area contributed by atoms with E-state index in [0.717, 1.165) is 5.56 Å². The van der Waals surface area contributed by atoms with E-state index in [9.17, 15) is 4.39 Å². The van der Waals surface area contributed by atoms with Gasteiger partial charge in [0.05, 0.1) is 13.2 Å². The van der Waals surface area contributed by atoms with Crippen molar-refractivity contribution < 1.29 is 18.6 Å². The maximum atomic E-state index is 12.7. The molecule has 0 saturated heterocycles. The van der Waals surface area contributed by atoms with Gasteiger partial charge in [-0.1, -0.05) is 12.1 Å². The molecule has 0 unspecified atom stereocenters. The van der Waals surface area contributed by atoms with Crippen LogP contribution in [0.4, 0.5) is 4.39 Å². The second-order valence-electron chi connectivity index (χ2n) is 3.48. The van der Waals surface area contributed by atoms with Gasteiger partial charge in [-0.2, -0.15) is 0 Å². The Morgan fingerprint density at radius 3 is 2.18 bits per heavy atom. The molecule has 0 N–H and O–H groups in total. The topological polar surface area (TPSA) is 27.7 Å². The Morgan fingerprint density at radius 2 is 1.65 bits per heavy atom. The van der Waals surface area contributed by atoms with Gasteiger partial charge in [0.1, 0.15) is 5.82 Å². The van der Waals surface area contributed by atoms with E-state index in [1.165, 1.54) is 12.1 Å². The van der Waals surface area contributed by atoms with Crippen LogP contribution in [0, 0.1) is 5.82 Å². The van der Waals surface area contributed by atoms with E-state index in [4.69, 9.17) is 14.2 Å². The summed E-state index contributed by atoms with van der Waals surface area (Å²) in [6.07, 6.45) is -0.328. The zero-order chi connectivity index (χ0) is 12.5. The summed E-state index contributed by atoms with van der Waals surface area (Å²) in [6.45, 7) is 5.79. The predicted octanol–water partition coefficient (Wildman–Crippen LogP) is 2.74. The lowest BCUT2D eigenvalue weighted by atomic mass is 10.2. The lowest BCUT2D eigenvalue weighted by Gasteiger charge is -2.16. The first-order valence-electron chi connectivity index (χ1n) is 5.81. The Bertz CT molecular complexity index is 294. The van der Waals surface area contributed by atoms with Crippen molar-refractivity contribution in [3.63, 3.8) is 0 Å². The summed E-state index contributed by atoms with van der Waals surface area (Å²) in [5, 5.41) is 0. The van der Waals surface area contributed by atoms with Gasteiger partial charge in [-0.25, -0.2) is 4.39 Å². The molecule has 3 nitrogen and oxygen atoms in total. The fraction of sp³-hybridized carbons (Fsp3) is 0.538. The predicted molar refractivity (Wildman–Crippen MR) is 63.1 cm³/mol. The molecule has 0 amide bonds. The van der Waals surface area contributed by atoms with Crippen LogP contribution in [0.3, 0.4) is 0 Å². The second-order valence-corrected chi connectivity index (χ2v) is 3.48. The van der Waals surface area contributed by atoms with Crippen molar-refractivity contribution in [2.75, 3.05) is 19.8 Å². The minimum atomic E-state index is -0.328. The van der Waals surface area contributed by atoms with Crippen LogP contribution in [0.1, 0.15) is 19.4 Å². The molecule has 0 spiro atoms. The first kappa shape index (κ1) is 14.1. The largest absolute Gasteiger partial charge is 0.371 e. The van der Waals surface area contributed by atoms with Crippen LogP contribution in [-0.4, -0.2) is 26.1 Å². The molecule has 0 bridgehead atoms. The van der Waals surface area contributed by atoms with Crippen molar-refractivity contribution in [1.29, 1.82) is 0 Å². The summed E-state index contributed by atoms with van der Waals surface area (Å²) < 4.78 is 28.8. The van der Waals surface area contributed by atoms with Gasteiger partial charge in [0.25, 0.3) is 0 Å². The number of hydrogen-bond acceptors (Lipinski definition) is 3. The molecule has 0 aliphatic rings. The third-order valence-electron chi connectivity index (χ3n) is 2.14. The van der Waals surface area contributed by atoms with Crippen molar-refractivity contribution in [3.05, 3.63) is 35.6 Å². The molecule has 0 atom stereocenters. The van der Waals surface area contributed by atoms with Crippen LogP contribution in [0.15, 0.2) is 24.3 Å². The van der Waals surface area contributed by atoms with Crippen molar-refractivity contribution in [1.82, 2.24) is 0 Å². The van der Waals surface area contributed by atoms with E-state index in [0.29, 0.717) is 26.4 Å². The van der Waals surface area contributed by atoms with Gasteiger partial charge in [-0.3, -0.25) is 0 Å². The molecule has 0 aromatic heterocycles. The number of benzene rings is 1. The highest BCUT2D eigenvalue weighted by Crippen LogP contribution is 2.05. The molecule has 0 aliphatic carbocycles. The number of halogens is 1. The summed E-state index contributed by atoms with van der Waals surface area (Å²) in [5.41, 5.74) is 0.929. The van der Waals surface area contributed by atoms with Crippen molar-refractivity contribution in [3.8, 4) is 0 Å². The number of hydrogen-bond donors (Lipinski definition) is 0. The van der Waals surface area contributed by atoms with E-state index in [1.54, 1.807) is 12.1 Å². The Hall–Kier alpha value is -0.970. The minimum Gasteiger partial charge on any atom is -0.371 e. The summed E-state index contributed by atoms with van der Waals surface area (Å²) >= 11 is 0. The van der Waals surface area contributed by atoms with Crippen LogP contribution in [-0.2, 0) is 20.8 Å². The van der Waals surface area contributed by atoms with Gasteiger partial charge in [0, 0.05) is 13.2 Å². The molecule has 4 heteroatoms. The molecule has 96 valence electrons. The third kappa shape index (κ3) is 5.77. The molecule has 17 heavy (non-hydrogen) atoms. The van der Waals surface area contributed by atoms with E-state index in [2.05, 4.69) is 0 Å². The molecule has 1 aromatic carbocycles. The van der Waals surface area contributed by atoms with Crippen LogP contribution in [0.2, 0.25) is 0 Å². The van der Waals surface area contributed by atoms with Crippen molar-refractivity contribution in [2.24, 2.45) is 0 Å². The van der Waals surface area contributed by atoms with Gasteiger partial charge in [-0.05, 0) is 31.5 Å². The van der Waals surface area contributed by atoms with Gasteiger partial charge in [-0.15, -0.1) is 0 Å². The average Bonchev–Trinajstić information content (AvgIpc) is 2.32. The molecule has 0 radical (unpaired) electrons. The third-order valence-corrected chi connectivity index (χ3v) is 2.14. The Labute approximate surface area is 101 Å². The standard InChI is InChI=1S/C13H19FO3/c1-3-16-13(17-4-2)10-15-9-11-5-7-12(14)8-6-11/h5-8,13H,3-4,9-10H2,1-2H3. The van der Waals surface area contributed by atoms with E-state index in [-0.39, 0.29) is 12.1 Å². The SMILES string of the molecule is CCOC(COCc1ccc(F)cc1)OCC. The van der Waals surface area contributed by atoms with Gasteiger partial charge < -0.3 is 14.2 Å². The lowest BCUT2D eigenvalue weighted by Crippen LogP contribution is -2.23. The quantitative estimate of drug-likeness (QED) is 0.656. The number of ether oxygens (including phenoxy) is 3. The maximum absolute atomic E-state index is 12.7. The summed E-state index contributed by atoms with van der Waals surface area (Å²) in [6, 6.07) is 6.24. The van der Waals surface area contributed by atoms with Crippen LogP contribution in [0.5, 0.6) is 0 Å². The normalized spacial score (nSPS) is 11.1. The molecule has 1 rings (SSSR count). The molecule has 1 aromatic rings. The van der Waals surface area contributed by atoms with Gasteiger partial charge in [0.15, 0.2) is 6.29 Å². The van der Waals surface area contributed by atoms with Gasteiger partial charge >= 0.3 is 0 Å². The fourth-order valence-corrected chi connectivity index (χ4v) is 1.37. The van der Waals surface area contributed by atoms with Crippen molar-refractivity contribution >= 4 is 0 Å². The summed E-state index contributed by atoms with van der Waals surface area (Å²) in [7, 11) is 0. The summed E-state index contributed by atoms with van der Waals surface area (Å²) in [5.74, 6) is -0.241. The van der Waals surface area contributed by atoms with Crippen LogP contribution >= 0.6 is 0 Å². The van der Waals surface area contributed by atoms with E-state index < -0.39 is 0 Å². The smallest absolute Gasteiger partial charge is 0.180 e. The highest BCUT2D eigenvalue weighted by atomic mass is 19.1. The Balaban J connectivity index is 2.27. The molecule has 0 aliphatic heterocycles. The molecular weight excluding hydrogens is 223 g/mol. The molecule has 0 fully saturated rings. The van der Waals surface area contributed by atoms with Crippen LogP contribution in [0.25, 0.3) is 0 Å². The van der Waals surface area contributed by atoms with E-state index >= 15 is 0 Å². The van der Waals surface area contributed by atoms with E-state index in [1.807, 2.05) is 13.8 Å². The minimum absolute atomic E-state index is 0.241. The maximum Gasteiger partial charge on any atom is 0.180 e. The Kier molecular flexibility index (Phi) is 6.77. The van der Waals surface area contributed by atoms with Crippen molar-refractivity contribution in [2.45, 2.75) is 26.7 Å².